The number of benzene rings is 1. The van der Waals surface area contributed by atoms with Gasteiger partial charge in [0, 0.05) is 44.7 Å². The molecule has 1 aromatic carbocycles. The van der Waals surface area contributed by atoms with Gasteiger partial charge in [0.2, 0.25) is 0 Å². The number of aryl methyl sites for hydroxylation is 1. The highest BCUT2D eigenvalue weighted by Gasteiger charge is 2.36. The predicted molar refractivity (Wildman–Crippen MR) is 86.3 cm³/mol. The molecule has 0 atom stereocenters. The van der Waals surface area contributed by atoms with Gasteiger partial charge in [0.15, 0.2) is 0 Å². The van der Waals surface area contributed by atoms with Gasteiger partial charge >= 0.3 is 8.80 Å². The highest BCUT2D eigenvalue weighted by molar-refractivity contribution is 6.60. The van der Waals surface area contributed by atoms with E-state index in [0.717, 1.165) is 31.0 Å². The first-order valence-electron chi connectivity index (χ1n) is 7.23. The maximum Gasteiger partial charge on any atom is 0.500 e. The largest absolute Gasteiger partial charge is 0.500 e. The van der Waals surface area contributed by atoms with E-state index in [1.165, 1.54) is 10.8 Å². The van der Waals surface area contributed by atoms with E-state index in [9.17, 15) is 0 Å². The van der Waals surface area contributed by atoms with Gasteiger partial charge in [-0.25, -0.2) is 0 Å². The van der Waals surface area contributed by atoms with Crippen LogP contribution in [0.3, 0.4) is 0 Å². The summed E-state index contributed by atoms with van der Waals surface area (Å²) in [5.41, 5.74) is 1.16. The standard InChI is InChI=1S/C16H23NO3Si/c1-18-21(19-2,20-3)13-7-6-10-16-15-9-5-4-8-14(15)11-12-17-16/h4-5,8-9,11-12H,6-7,10,13H2,1-3H3. The molecular formula is C16H23NO3Si. The predicted octanol–water partition coefficient (Wildman–Crippen LogP) is 3.44. The second-order valence-electron chi connectivity index (χ2n) is 4.98. The quantitative estimate of drug-likeness (QED) is 0.553. The summed E-state index contributed by atoms with van der Waals surface area (Å²) < 4.78 is 16.3. The third-order valence-corrected chi connectivity index (χ3v) is 6.67. The summed E-state index contributed by atoms with van der Waals surface area (Å²) in [6, 6.07) is 11.3. The smallest absolute Gasteiger partial charge is 0.377 e. The monoisotopic (exact) mass is 305 g/mol. The van der Waals surface area contributed by atoms with Crippen LogP contribution in [0.5, 0.6) is 0 Å². The molecule has 0 unspecified atom stereocenters. The van der Waals surface area contributed by atoms with Gasteiger partial charge in [-0.2, -0.15) is 0 Å². The van der Waals surface area contributed by atoms with Gasteiger partial charge in [0.25, 0.3) is 0 Å². The van der Waals surface area contributed by atoms with Crippen LogP contribution in [0, 0.1) is 0 Å². The van der Waals surface area contributed by atoms with Crippen LogP contribution < -0.4 is 0 Å². The Bertz CT molecular complexity index is 559. The van der Waals surface area contributed by atoms with Crippen LogP contribution in [-0.4, -0.2) is 35.1 Å². The fraction of sp³-hybridized carbons (Fsp3) is 0.438. The van der Waals surface area contributed by atoms with Gasteiger partial charge in [-0.15, -0.1) is 0 Å². The zero-order chi connectivity index (χ0) is 15.1. The topological polar surface area (TPSA) is 40.6 Å². The number of nitrogens with zero attached hydrogens (tertiary/aromatic N) is 1. The highest BCUT2D eigenvalue weighted by atomic mass is 28.4. The van der Waals surface area contributed by atoms with E-state index >= 15 is 0 Å². The number of rotatable bonds is 8. The molecule has 2 rings (SSSR count). The second-order valence-corrected chi connectivity index (χ2v) is 8.07. The number of aromatic nitrogens is 1. The van der Waals surface area contributed by atoms with Crippen LogP contribution in [0.4, 0.5) is 0 Å². The number of unbranched alkanes of at least 4 members (excludes halogenated alkanes) is 1. The van der Waals surface area contributed by atoms with Crippen molar-refractivity contribution in [2.24, 2.45) is 0 Å². The fourth-order valence-electron chi connectivity index (χ4n) is 2.57. The summed E-state index contributed by atoms with van der Waals surface area (Å²) in [5, 5.41) is 2.49. The molecule has 0 N–H and O–H groups in total. The molecule has 0 spiro atoms. The Morgan fingerprint density at radius 2 is 1.67 bits per heavy atom. The van der Waals surface area contributed by atoms with E-state index in [1.54, 1.807) is 21.3 Å². The van der Waals surface area contributed by atoms with E-state index < -0.39 is 8.80 Å². The van der Waals surface area contributed by atoms with Crippen LogP contribution in [0.15, 0.2) is 36.5 Å². The molecule has 114 valence electrons. The summed E-state index contributed by atoms with van der Waals surface area (Å²) in [7, 11) is 2.54. The Morgan fingerprint density at radius 3 is 2.38 bits per heavy atom. The molecule has 1 heterocycles. The lowest BCUT2D eigenvalue weighted by Gasteiger charge is -2.24. The Balaban J connectivity index is 1.94. The summed E-state index contributed by atoms with van der Waals surface area (Å²) in [6.07, 6.45) is 4.90. The van der Waals surface area contributed by atoms with Crippen molar-refractivity contribution >= 4 is 19.6 Å². The molecule has 0 aliphatic heterocycles. The molecule has 0 radical (unpaired) electrons. The van der Waals surface area contributed by atoms with Crippen LogP contribution in [0.1, 0.15) is 18.5 Å². The lowest BCUT2D eigenvalue weighted by molar-refractivity contribution is 0.123. The lowest BCUT2D eigenvalue weighted by atomic mass is 10.1. The van der Waals surface area contributed by atoms with Gasteiger partial charge < -0.3 is 13.3 Å². The summed E-state index contributed by atoms with van der Waals surface area (Å²) in [4.78, 5) is 4.52. The van der Waals surface area contributed by atoms with Gasteiger partial charge in [0.1, 0.15) is 0 Å². The van der Waals surface area contributed by atoms with Crippen LogP contribution in [0.2, 0.25) is 6.04 Å². The zero-order valence-corrected chi connectivity index (χ0v) is 14.0. The van der Waals surface area contributed by atoms with Crippen molar-refractivity contribution < 1.29 is 13.3 Å². The third-order valence-electron chi connectivity index (χ3n) is 3.84. The Labute approximate surface area is 127 Å². The third kappa shape index (κ3) is 3.88. The molecule has 0 saturated carbocycles. The van der Waals surface area contributed by atoms with E-state index in [-0.39, 0.29) is 0 Å². The Hall–Kier alpha value is -1.27. The van der Waals surface area contributed by atoms with Crippen LogP contribution >= 0.6 is 0 Å². The highest BCUT2D eigenvalue weighted by Crippen LogP contribution is 2.20. The van der Waals surface area contributed by atoms with Gasteiger partial charge in [-0.1, -0.05) is 24.3 Å². The summed E-state index contributed by atoms with van der Waals surface area (Å²) >= 11 is 0. The molecule has 1 aromatic heterocycles. The van der Waals surface area contributed by atoms with E-state index in [0.29, 0.717) is 0 Å². The molecule has 4 nitrogen and oxygen atoms in total. The normalized spacial score (nSPS) is 12.0. The van der Waals surface area contributed by atoms with Gasteiger partial charge in [-0.3, -0.25) is 4.98 Å². The van der Waals surface area contributed by atoms with Crippen molar-refractivity contribution in [3.8, 4) is 0 Å². The summed E-state index contributed by atoms with van der Waals surface area (Å²) in [5.74, 6) is 0. The first kappa shape index (κ1) is 16.1. The second kappa shape index (κ2) is 7.65. The maximum atomic E-state index is 5.44. The van der Waals surface area contributed by atoms with Gasteiger partial charge in [-0.05, 0) is 30.7 Å². The van der Waals surface area contributed by atoms with E-state index in [2.05, 4.69) is 35.3 Å². The van der Waals surface area contributed by atoms with Crippen molar-refractivity contribution in [3.05, 3.63) is 42.2 Å². The Morgan fingerprint density at radius 1 is 0.952 bits per heavy atom. The fourth-order valence-corrected chi connectivity index (χ4v) is 4.37. The minimum absolute atomic E-state index is 0.835. The van der Waals surface area contributed by atoms with Crippen molar-refractivity contribution in [1.29, 1.82) is 0 Å². The number of pyridine rings is 1. The molecule has 0 aliphatic rings. The minimum Gasteiger partial charge on any atom is -0.377 e. The van der Waals surface area contributed by atoms with E-state index in [1.807, 2.05) is 6.20 Å². The number of hydrogen-bond acceptors (Lipinski definition) is 4. The molecular weight excluding hydrogens is 282 g/mol. The van der Waals surface area contributed by atoms with Crippen molar-refractivity contribution in [2.45, 2.75) is 25.3 Å². The molecule has 0 saturated heterocycles. The van der Waals surface area contributed by atoms with E-state index in [4.69, 9.17) is 13.3 Å². The molecule has 0 aliphatic carbocycles. The molecule has 0 fully saturated rings. The van der Waals surface area contributed by atoms with Crippen molar-refractivity contribution in [3.63, 3.8) is 0 Å². The van der Waals surface area contributed by atoms with Crippen LogP contribution in [-0.2, 0) is 19.7 Å². The minimum atomic E-state index is -2.43. The molecule has 21 heavy (non-hydrogen) atoms. The van der Waals surface area contributed by atoms with Crippen LogP contribution in [0.25, 0.3) is 10.8 Å². The van der Waals surface area contributed by atoms with Gasteiger partial charge in [0.05, 0.1) is 0 Å². The first-order valence-corrected chi connectivity index (χ1v) is 9.16. The lowest BCUT2D eigenvalue weighted by Crippen LogP contribution is -2.42. The average molecular weight is 305 g/mol. The molecule has 5 heteroatoms. The average Bonchev–Trinajstić information content (AvgIpc) is 2.56. The zero-order valence-electron chi connectivity index (χ0n) is 13.0. The van der Waals surface area contributed by atoms with Crippen molar-refractivity contribution in [1.82, 2.24) is 4.98 Å². The number of hydrogen-bond donors (Lipinski definition) is 0. The summed E-state index contributed by atoms with van der Waals surface area (Å²) in [6.45, 7) is 0. The molecule has 0 amide bonds. The number of fused-ring (bicyclic) bond motifs is 1. The molecule has 2 aromatic rings. The SMILES string of the molecule is CO[Si](CCCCc1nccc2ccccc12)(OC)OC. The maximum absolute atomic E-state index is 5.44. The molecule has 0 bridgehead atoms. The van der Waals surface area contributed by atoms with Crippen molar-refractivity contribution in [2.75, 3.05) is 21.3 Å². The first-order chi connectivity index (χ1) is 10.2. The Kier molecular flexibility index (Phi) is 5.87.